The van der Waals surface area contributed by atoms with Gasteiger partial charge in [-0.2, -0.15) is 0 Å². The monoisotopic (exact) mass is 288 g/mol. The number of benzene rings is 1. The van der Waals surface area contributed by atoms with Crippen molar-refractivity contribution in [1.82, 2.24) is 9.97 Å². The highest BCUT2D eigenvalue weighted by atomic mass is 16.6. The van der Waals surface area contributed by atoms with E-state index in [-0.39, 0.29) is 17.3 Å². The van der Waals surface area contributed by atoms with Crippen LogP contribution in [-0.4, -0.2) is 21.9 Å². The van der Waals surface area contributed by atoms with Gasteiger partial charge in [-0.1, -0.05) is 29.8 Å². The maximum atomic E-state index is 11.2. The predicted molar refractivity (Wildman–Crippen MR) is 79.8 cm³/mol. The number of nitro groups is 1. The molecule has 2 aromatic rings. The Morgan fingerprint density at radius 2 is 2.19 bits per heavy atom. The van der Waals surface area contributed by atoms with Crippen molar-refractivity contribution < 1.29 is 4.92 Å². The van der Waals surface area contributed by atoms with Gasteiger partial charge >= 0.3 is 5.69 Å². The zero-order valence-electron chi connectivity index (χ0n) is 11.8. The first-order chi connectivity index (χ1) is 10.0. The Kier molecular flexibility index (Phi) is 4.29. The number of nitrogens with zero attached hydrogens (tertiary/aromatic N) is 4. The molecule has 0 saturated carbocycles. The summed E-state index contributed by atoms with van der Waals surface area (Å²) in [6.07, 6.45) is 1.24. The lowest BCUT2D eigenvalue weighted by molar-refractivity contribution is -0.383. The summed E-state index contributed by atoms with van der Waals surface area (Å²) in [7, 11) is 1.73. The molecule has 3 N–H and O–H groups in total. The average molecular weight is 288 g/mol. The molecule has 8 nitrogen and oxygen atoms in total. The van der Waals surface area contributed by atoms with E-state index in [4.69, 9.17) is 5.84 Å². The third-order valence-corrected chi connectivity index (χ3v) is 2.99. The van der Waals surface area contributed by atoms with Gasteiger partial charge < -0.3 is 10.3 Å². The van der Waals surface area contributed by atoms with Crippen LogP contribution in [0.1, 0.15) is 11.1 Å². The van der Waals surface area contributed by atoms with Gasteiger partial charge in [0.1, 0.15) is 6.33 Å². The SMILES string of the molecule is Cc1cccc(CN(C)c2ncnc(NN)c2[N+](=O)[O-])c1. The molecule has 0 aliphatic carbocycles. The third kappa shape index (κ3) is 3.23. The van der Waals surface area contributed by atoms with Crippen molar-refractivity contribution in [1.29, 1.82) is 0 Å². The Balaban J connectivity index is 2.35. The highest BCUT2D eigenvalue weighted by Gasteiger charge is 2.25. The van der Waals surface area contributed by atoms with Crippen LogP contribution < -0.4 is 16.2 Å². The molecule has 0 radical (unpaired) electrons. The fourth-order valence-electron chi connectivity index (χ4n) is 2.08. The summed E-state index contributed by atoms with van der Waals surface area (Å²) in [5, 5.41) is 11.2. The molecule has 0 atom stereocenters. The van der Waals surface area contributed by atoms with Crippen molar-refractivity contribution in [3.63, 3.8) is 0 Å². The lowest BCUT2D eigenvalue weighted by Crippen LogP contribution is -2.21. The zero-order valence-corrected chi connectivity index (χ0v) is 11.8. The van der Waals surface area contributed by atoms with Gasteiger partial charge in [-0.05, 0) is 12.5 Å². The summed E-state index contributed by atoms with van der Waals surface area (Å²) in [6.45, 7) is 2.48. The van der Waals surface area contributed by atoms with Crippen LogP contribution in [0.5, 0.6) is 0 Å². The number of hydrogen-bond acceptors (Lipinski definition) is 7. The van der Waals surface area contributed by atoms with Crippen molar-refractivity contribution in [2.45, 2.75) is 13.5 Å². The molecule has 21 heavy (non-hydrogen) atoms. The van der Waals surface area contributed by atoms with E-state index < -0.39 is 4.92 Å². The summed E-state index contributed by atoms with van der Waals surface area (Å²) in [5.41, 5.74) is 4.15. The quantitative estimate of drug-likeness (QED) is 0.488. The molecule has 0 amide bonds. The molecule has 0 aliphatic heterocycles. The fourth-order valence-corrected chi connectivity index (χ4v) is 2.08. The first-order valence-electron chi connectivity index (χ1n) is 6.25. The molecule has 0 fully saturated rings. The number of nitrogens with one attached hydrogen (secondary N) is 1. The van der Waals surface area contributed by atoms with Crippen LogP contribution in [0.25, 0.3) is 0 Å². The number of aromatic nitrogens is 2. The van der Waals surface area contributed by atoms with Crippen LogP contribution in [-0.2, 0) is 6.54 Å². The largest absolute Gasteiger partial charge is 0.354 e. The Labute approximate surface area is 121 Å². The second kappa shape index (κ2) is 6.14. The summed E-state index contributed by atoms with van der Waals surface area (Å²) in [6, 6.07) is 7.91. The van der Waals surface area contributed by atoms with Crippen molar-refractivity contribution in [2.24, 2.45) is 5.84 Å². The first kappa shape index (κ1) is 14.7. The third-order valence-electron chi connectivity index (χ3n) is 2.99. The number of aryl methyl sites for hydroxylation is 1. The number of nitrogen functional groups attached to an aromatic ring is 1. The Bertz CT molecular complexity index is 661. The van der Waals surface area contributed by atoms with E-state index in [1.165, 1.54) is 6.33 Å². The second-order valence-electron chi connectivity index (χ2n) is 4.64. The average Bonchev–Trinajstić information content (AvgIpc) is 2.46. The van der Waals surface area contributed by atoms with E-state index in [1.54, 1.807) is 11.9 Å². The fraction of sp³-hybridized carbons (Fsp3) is 0.231. The van der Waals surface area contributed by atoms with Gasteiger partial charge in [-0.25, -0.2) is 15.8 Å². The molecule has 110 valence electrons. The standard InChI is InChI=1S/C13H16N6O2/c1-9-4-3-5-10(6-9)7-18(2)13-11(19(20)21)12(17-14)15-8-16-13/h3-6,8H,7,14H2,1-2H3,(H,15,16,17). The van der Waals surface area contributed by atoms with Crippen LogP contribution in [0, 0.1) is 17.0 Å². The summed E-state index contributed by atoms with van der Waals surface area (Å²) in [4.78, 5) is 20.1. The van der Waals surface area contributed by atoms with E-state index in [1.807, 2.05) is 31.2 Å². The highest BCUT2D eigenvalue weighted by Crippen LogP contribution is 2.31. The lowest BCUT2D eigenvalue weighted by Gasteiger charge is -2.18. The molecule has 1 aromatic heterocycles. The molecule has 0 unspecified atom stereocenters. The zero-order chi connectivity index (χ0) is 15.4. The summed E-state index contributed by atoms with van der Waals surface area (Å²) < 4.78 is 0. The van der Waals surface area contributed by atoms with Crippen LogP contribution in [0.2, 0.25) is 0 Å². The predicted octanol–water partition coefficient (Wildman–Crippen LogP) is 1.62. The van der Waals surface area contributed by atoms with Gasteiger partial charge in [0, 0.05) is 13.6 Å². The molecule has 1 heterocycles. The number of nitrogens with two attached hydrogens (primary N) is 1. The molecule has 2 rings (SSSR count). The van der Waals surface area contributed by atoms with Crippen LogP contribution >= 0.6 is 0 Å². The molecule has 0 bridgehead atoms. The van der Waals surface area contributed by atoms with Crippen molar-refractivity contribution >= 4 is 17.3 Å². The number of anilines is 2. The topological polar surface area (TPSA) is 110 Å². The van der Waals surface area contributed by atoms with Gasteiger partial charge in [0.05, 0.1) is 4.92 Å². The van der Waals surface area contributed by atoms with Crippen molar-refractivity contribution in [2.75, 3.05) is 17.4 Å². The minimum atomic E-state index is -0.544. The molecular weight excluding hydrogens is 272 g/mol. The van der Waals surface area contributed by atoms with Gasteiger partial charge in [0.25, 0.3) is 0 Å². The molecular formula is C13H16N6O2. The Hall–Kier alpha value is -2.74. The van der Waals surface area contributed by atoms with Crippen LogP contribution in [0.3, 0.4) is 0 Å². The number of hydrogen-bond donors (Lipinski definition) is 2. The Morgan fingerprint density at radius 1 is 1.43 bits per heavy atom. The van der Waals surface area contributed by atoms with Crippen molar-refractivity contribution in [3.8, 4) is 0 Å². The van der Waals surface area contributed by atoms with Gasteiger partial charge in [0.15, 0.2) is 0 Å². The smallest absolute Gasteiger partial charge is 0.349 e. The number of hydrazine groups is 1. The minimum absolute atomic E-state index is 0.0129. The molecule has 0 spiro atoms. The van der Waals surface area contributed by atoms with E-state index in [2.05, 4.69) is 15.4 Å². The summed E-state index contributed by atoms with van der Waals surface area (Å²) in [5.74, 6) is 5.47. The normalized spacial score (nSPS) is 10.2. The van der Waals surface area contributed by atoms with E-state index in [0.717, 1.165) is 11.1 Å². The van der Waals surface area contributed by atoms with Gasteiger partial charge in [-0.3, -0.25) is 10.1 Å². The second-order valence-corrected chi connectivity index (χ2v) is 4.64. The van der Waals surface area contributed by atoms with Gasteiger partial charge in [-0.15, -0.1) is 0 Å². The summed E-state index contributed by atoms with van der Waals surface area (Å²) >= 11 is 0. The lowest BCUT2D eigenvalue weighted by atomic mass is 10.1. The molecule has 0 aliphatic rings. The van der Waals surface area contributed by atoms with E-state index >= 15 is 0 Å². The maximum absolute atomic E-state index is 11.2. The molecule has 1 aromatic carbocycles. The number of rotatable bonds is 5. The van der Waals surface area contributed by atoms with Gasteiger partial charge in [0.2, 0.25) is 11.6 Å². The van der Waals surface area contributed by atoms with Crippen LogP contribution in [0.4, 0.5) is 17.3 Å². The van der Waals surface area contributed by atoms with E-state index in [9.17, 15) is 10.1 Å². The highest BCUT2D eigenvalue weighted by molar-refractivity contribution is 5.69. The maximum Gasteiger partial charge on any atom is 0.354 e. The first-order valence-corrected chi connectivity index (χ1v) is 6.25. The minimum Gasteiger partial charge on any atom is -0.349 e. The molecule has 0 saturated heterocycles. The van der Waals surface area contributed by atoms with Crippen LogP contribution in [0.15, 0.2) is 30.6 Å². The van der Waals surface area contributed by atoms with E-state index in [0.29, 0.717) is 6.54 Å². The Morgan fingerprint density at radius 3 is 2.81 bits per heavy atom. The van der Waals surface area contributed by atoms with Crippen molar-refractivity contribution in [3.05, 3.63) is 51.8 Å². The molecule has 8 heteroatoms.